The number of aryl methyl sites for hydroxylation is 2. The Morgan fingerprint density at radius 1 is 1.14 bits per heavy atom. The van der Waals surface area contributed by atoms with E-state index in [2.05, 4.69) is 44.5 Å². The second-order valence-electron chi connectivity index (χ2n) is 4.88. The predicted octanol–water partition coefficient (Wildman–Crippen LogP) is 3.75. The van der Waals surface area contributed by atoms with E-state index in [0.29, 0.717) is 11.6 Å². The first kappa shape index (κ1) is 14.2. The Balaban J connectivity index is 2.32. The normalized spacial score (nSPS) is 11.0. The van der Waals surface area contributed by atoms with Crippen LogP contribution in [0.2, 0.25) is 0 Å². The number of rotatable bonds is 2. The van der Waals surface area contributed by atoms with Crippen LogP contribution in [0.15, 0.2) is 30.3 Å². The number of nitrogens with zero attached hydrogens (tertiary/aromatic N) is 3. The number of halogens is 1. The zero-order valence-corrected chi connectivity index (χ0v) is 14.0. The van der Waals surface area contributed by atoms with Crippen LogP contribution in [0.1, 0.15) is 18.3 Å². The van der Waals surface area contributed by atoms with Crippen LogP contribution in [0.5, 0.6) is 0 Å². The number of hydrogen-bond donors (Lipinski definition) is 1. The molecule has 0 bridgehead atoms. The maximum Gasteiger partial charge on any atom is 0.162 e. The van der Waals surface area contributed by atoms with Gasteiger partial charge in [-0.25, -0.2) is 9.97 Å². The number of benzene rings is 1. The summed E-state index contributed by atoms with van der Waals surface area (Å²) in [6, 6.07) is 10.0. The molecule has 0 atom stereocenters. The molecule has 0 aliphatic carbocycles. The topological polar surface area (TPSA) is 64.7 Å². The standard InChI is InChI=1S/C16H15IN4/c1-3-12-14(17)15(18)21-16(20-12)11-8-9(2)19-13-7-5-4-6-10(11)13/h4-8H,3H2,1-2H3,(H2,18,20,21). The Labute approximate surface area is 137 Å². The summed E-state index contributed by atoms with van der Waals surface area (Å²) in [4.78, 5) is 13.7. The van der Waals surface area contributed by atoms with Gasteiger partial charge in [0.1, 0.15) is 5.82 Å². The average Bonchev–Trinajstić information content (AvgIpc) is 2.49. The third kappa shape index (κ3) is 2.57. The van der Waals surface area contributed by atoms with Crippen molar-refractivity contribution in [1.29, 1.82) is 0 Å². The fourth-order valence-corrected chi connectivity index (χ4v) is 2.98. The minimum Gasteiger partial charge on any atom is -0.383 e. The molecule has 2 aromatic heterocycles. The van der Waals surface area contributed by atoms with E-state index < -0.39 is 0 Å². The Kier molecular flexibility index (Phi) is 3.75. The molecule has 1 aromatic carbocycles. The summed E-state index contributed by atoms with van der Waals surface area (Å²) in [5, 5.41) is 1.05. The highest BCUT2D eigenvalue weighted by Gasteiger charge is 2.13. The summed E-state index contributed by atoms with van der Waals surface area (Å²) in [5.41, 5.74) is 9.90. The summed E-state index contributed by atoms with van der Waals surface area (Å²) in [6.45, 7) is 4.05. The molecular weight excluding hydrogens is 375 g/mol. The number of para-hydroxylation sites is 1. The van der Waals surface area contributed by atoms with Gasteiger partial charge in [-0.15, -0.1) is 0 Å². The highest BCUT2D eigenvalue weighted by Crippen LogP contribution is 2.28. The molecule has 4 nitrogen and oxygen atoms in total. The van der Waals surface area contributed by atoms with E-state index in [-0.39, 0.29) is 0 Å². The molecule has 0 spiro atoms. The molecule has 3 rings (SSSR count). The highest BCUT2D eigenvalue weighted by molar-refractivity contribution is 14.1. The van der Waals surface area contributed by atoms with E-state index in [1.54, 1.807) is 0 Å². The van der Waals surface area contributed by atoms with Gasteiger partial charge in [0.2, 0.25) is 0 Å². The smallest absolute Gasteiger partial charge is 0.162 e. The maximum atomic E-state index is 6.04. The molecule has 21 heavy (non-hydrogen) atoms. The van der Waals surface area contributed by atoms with Crippen LogP contribution in [0.3, 0.4) is 0 Å². The number of pyridine rings is 1. The van der Waals surface area contributed by atoms with E-state index in [1.165, 1.54) is 0 Å². The Morgan fingerprint density at radius 3 is 2.67 bits per heavy atom. The maximum absolute atomic E-state index is 6.04. The SMILES string of the molecule is CCc1nc(-c2cc(C)nc3ccccc23)nc(N)c1I. The van der Waals surface area contributed by atoms with Gasteiger partial charge in [0, 0.05) is 16.6 Å². The molecule has 2 heterocycles. The van der Waals surface area contributed by atoms with Gasteiger partial charge in [-0.3, -0.25) is 4.98 Å². The van der Waals surface area contributed by atoms with Gasteiger partial charge in [0.05, 0.1) is 14.8 Å². The molecule has 0 aliphatic rings. The first-order chi connectivity index (χ1) is 10.1. The number of hydrogen-bond acceptors (Lipinski definition) is 4. The number of nitrogen functional groups attached to an aromatic ring is 1. The molecule has 106 valence electrons. The zero-order chi connectivity index (χ0) is 15.0. The second kappa shape index (κ2) is 5.55. The molecule has 0 amide bonds. The van der Waals surface area contributed by atoms with Crippen LogP contribution in [-0.4, -0.2) is 15.0 Å². The molecule has 0 aliphatic heterocycles. The number of aromatic nitrogens is 3. The Hall–Kier alpha value is -1.76. The van der Waals surface area contributed by atoms with Crippen molar-refractivity contribution < 1.29 is 0 Å². The van der Waals surface area contributed by atoms with E-state index in [1.807, 2.05) is 37.3 Å². The van der Waals surface area contributed by atoms with Crippen LogP contribution in [0.25, 0.3) is 22.3 Å². The fraction of sp³-hybridized carbons (Fsp3) is 0.188. The third-order valence-corrected chi connectivity index (χ3v) is 4.54. The van der Waals surface area contributed by atoms with Crippen molar-refractivity contribution in [2.75, 3.05) is 5.73 Å². The average molecular weight is 390 g/mol. The first-order valence-corrected chi connectivity index (χ1v) is 7.86. The number of nitrogens with two attached hydrogens (primary N) is 1. The zero-order valence-electron chi connectivity index (χ0n) is 11.9. The highest BCUT2D eigenvalue weighted by atomic mass is 127. The van der Waals surface area contributed by atoms with Gasteiger partial charge < -0.3 is 5.73 Å². The molecule has 5 heteroatoms. The molecule has 2 N–H and O–H groups in total. The molecule has 0 saturated carbocycles. The van der Waals surface area contributed by atoms with E-state index >= 15 is 0 Å². The fourth-order valence-electron chi connectivity index (χ4n) is 2.36. The Morgan fingerprint density at radius 2 is 1.90 bits per heavy atom. The Bertz CT molecular complexity index is 830. The molecule has 3 aromatic rings. The molecule has 0 saturated heterocycles. The largest absolute Gasteiger partial charge is 0.383 e. The molecule has 0 fully saturated rings. The predicted molar refractivity (Wildman–Crippen MR) is 94.0 cm³/mol. The minimum absolute atomic E-state index is 0.538. The van der Waals surface area contributed by atoms with Crippen molar-refractivity contribution in [2.45, 2.75) is 20.3 Å². The van der Waals surface area contributed by atoms with Crippen molar-refractivity contribution in [1.82, 2.24) is 15.0 Å². The molecular formula is C16H15IN4. The van der Waals surface area contributed by atoms with Crippen LogP contribution in [-0.2, 0) is 6.42 Å². The van der Waals surface area contributed by atoms with E-state index in [0.717, 1.165) is 37.8 Å². The van der Waals surface area contributed by atoms with Crippen molar-refractivity contribution >= 4 is 39.3 Å². The van der Waals surface area contributed by atoms with Crippen molar-refractivity contribution in [3.8, 4) is 11.4 Å². The van der Waals surface area contributed by atoms with Gasteiger partial charge in [0.25, 0.3) is 0 Å². The van der Waals surface area contributed by atoms with Crippen molar-refractivity contribution in [3.63, 3.8) is 0 Å². The van der Waals surface area contributed by atoms with Crippen molar-refractivity contribution in [2.24, 2.45) is 0 Å². The van der Waals surface area contributed by atoms with E-state index in [4.69, 9.17) is 5.73 Å². The molecule has 0 unspecified atom stereocenters. The van der Waals surface area contributed by atoms with Crippen molar-refractivity contribution in [3.05, 3.63) is 45.3 Å². The number of anilines is 1. The first-order valence-electron chi connectivity index (χ1n) is 6.78. The second-order valence-corrected chi connectivity index (χ2v) is 5.95. The van der Waals surface area contributed by atoms with Crippen LogP contribution >= 0.6 is 22.6 Å². The summed E-state index contributed by atoms with van der Waals surface area (Å²) in [7, 11) is 0. The lowest BCUT2D eigenvalue weighted by molar-refractivity contribution is 0.994. The number of fused-ring (bicyclic) bond motifs is 1. The molecule has 0 radical (unpaired) electrons. The lowest BCUT2D eigenvalue weighted by Gasteiger charge is -2.10. The summed E-state index contributed by atoms with van der Waals surface area (Å²) in [5.74, 6) is 1.21. The summed E-state index contributed by atoms with van der Waals surface area (Å²) < 4.78 is 0.939. The monoisotopic (exact) mass is 390 g/mol. The van der Waals surface area contributed by atoms with Gasteiger partial charge in [-0.1, -0.05) is 25.1 Å². The quantitative estimate of drug-likeness (QED) is 0.677. The summed E-state index contributed by atoms with van der Waals surface area (Å²) >= 11 is 2.20. The summed E-state index contributed by atoms with van der Waals surface area (Å²) in [6.07, 6.45) is 0.833. The van der Waals surface area contributed by atoms with Crippen LogP contribution < -0.4 is 5.73 Å². The van der Waals surface area contributed by atoms with Crippen LogP contribution in [0.4, 0.5) is 5.82 Å². The lowest BCUT2D eigenvalue weighted by Crippen LogP contribution is -2.05. The van der Waals surface area contributed by atoms with E-state index in [9.17, 15) is 0 Å². The minimum atomic E-state index is 0.538. The third-order valence-electron chi connectivity index (χ3n) is 3.37. The van der Waals surface area contributed by atoms with Gasteiger partial charge in [0.15, 0.2) is 5.82 Å². The lowest BCUT2D eigenvalue weighted by atomic mass is 10.1. The van der Waals surface area contributed by atoms with Gasteiger partial charge in [-0.2, -0.15) is 0 Å². The van der Waals surface area contributed by atoms with Gasteiger partial charge >= 0.3 is 0 Å². The van der Waals surface area contributed by atoms with Crippen LogP contribution in [0, 0.1) is 10.5 Å². The van der Waals surface area contributed by atoms with Gasteiger partial charge in [-0.05, 0) is 48.1 Å².